The molecule has 0 bridgehead atoms. The highest BCUT2D eigenvalue weighted by atomic mass is 16.5. The van der Waals surface area contributed by atoms with Crippen LogP contribution in [0.1, 0.15) is 12.0 Å². The van der Waals surface area contributed by atoms with Crippen LogP contribution in [0, 0.1) is 0 Å². The second kappa shape index (κ2) is 6.54. The minimum atomic E-state index is -0.988. The summed E-state index contributed by atoms with van der Waals surface area (Å²) in [4.78, 5) is 33.5. The average molecular weight is 250 g/mol. The van der Waals surface area contributed by atoms with E-state index in [1.54, 1.807) is 31.4 Å². The summed E-state index contributed by atoms with van der Waals surface area (Å²) in [6.07, 6.45) is -0.328. The van der Waals surface area contributed by atoms with Crippen LogP contribution in [0.25, 0.3) is 0 Å². The van der Waals surface area contributed by atoms with Gasteiger partial charge in [-0.25, -0.2) is 4.79 Å². The molecule has 1 aromatic carbocycles. The Morgan fingerprint density at radius 3 is 2.17 bits per heavy atom. The van der Waals surface area contributed by atoms with Crippen LogP contribution in [0.5, 0.6) is 5.75 Å². The van der Waals surface area contributed by atoms with Gasteiger partial charge in [0, 0.05) is 6.42 Å². The number of ketones is 2. The van der Waals surface area contributed by atoms with E-state index < -0.39 is 18.2 Å². The molecule has 1 rings (SSSR count). The maximum atomic E-state index is 11.5. The number of esters is 1. The number of carbonyl (C=O) groups is 3. The van der Waals surface area contributed by atoms with E-state index in [1.807, 2.05) is 0 Å². The zero-order chi connectivity index (χ0) is 13.5. The molecular weight excluding hydrogens is 236 g/mol. The Balaban J connectivity index is 2.54. The zero-order valence-electron chi connectivity index (χ0n) is 10.3. The molecule has 0 amide bonds. The minimum absolute atomic E-state index is 0.104. The quantitative estimate of drug-likeness (QED) is 0.427. The van der Waals surface area contributed by atoms with Crippen molar-refractivity contribution < 1.29 is 23.9 Å². The van der Waals surface area contributed by atoms with Crippen LogP contribution in [0.4, 0.5) is 0 Å². The number of rotatable bonds is 6. The number of benzene rings is 1. The van der Waals surface area contributed by atoms with Crippen LogP contribution in [0.2, 0.25) is 0 Å². The highest BCUT2D eigenvalue weighted by Crippen LogP contribution is 2.12. The van der Waals surface area contributed by atoms with E-state index in [0.717, 1.165) is 12.7 Å². The van der Waals surface area contributed by atoms with Crippen LogP contribution >= 0.6 is 0 Å². The van der Waals surface area contributed by atoms with Crippen molar-refractivity contribution in [1.82, 2.24) is 0 Å². The van der Waals surface area contributed by atoms with Crippen molar-refractivity contribution >= 4 is 17.5 Å². The van der Waals surface area contributed by atoms with Crippen molar-refractivity contribution in [3.05, 3.63) is 29.8 Å². The number of Topliss-reactive ketones (excluding diaryl/α,β-unsaturated/α-hetero) is 2. The molecule has 0 aliphatic rings. The molecule has 0 unspecified atom stereocenters. The number of carbonyl (C=O) groups excluding carboxylic acids is 3. The Labute approximate surface area is 105 Å². The van der Waals surface area contributed by atoms with Crippen molar-refractivity contribution in [2.75, 3.05) is 14.2 Å². The SMILES string of the molecule is COC(=O)C(=O)CC(=O)Cc1ccc(OC)cc1. The lowest BCUT2D eigenvalue weighted by molar-refractivity contribution is -0.152. The molecule has 0 N–H and O–H groups in total. The van der Waals surface area contributed by atoms with Crippen molar-refractivity contribution in [2.24, 2.45) is 0 Å². The van der Waals surface area contributed by atoms with Gasteiger partial charge in [-0.2, -0.15) is 0 Å². The molecule has 5 heteroatoms. The summed E-state index contributed by atoms with van der Waals surface area (Å²) in [6.45, 7) is 0. The maximum Gasteiger partial charge on any atom is 0.374 e. The van der Waals surface area contributed by atoms with E-state index in [1.165, 1.54) is 0 Å². The molecule has 1 aromatic rings. The van der Waals surface area contributed by atoms with Crippen LogP contribution in [-0.2, 0) is 25.5 Å². The Morgan fingerprint density at radius 1 is 1.06 bits per heavy atom. The fourth-order valence-corrected chi connectivity index (χ4v) is 1.40. The van der Waals surface area contributed by atoms with Gasteiger partial charge in [0.05, 0.1) is 20.6 Å². The maximum absolute atomic E-state index is 11.5. The van der Waals surface area contributed by atoms with Crippen molar-refractivity contribution in [3.63, 3.8) is 0 Å². The Bertz CT molecular complexity index is 447. The van der Waals surface area contributed by atoms with Gasteiger partial charge in [-0.15, -0.1) is 0 Å². The topological polar surface area (TPSA) is 69.7 Å². The van der Waals surface area contributed by atoms with Crippen LogP contribution in [0.15, 0.2) is 24.3 Å². The summed E-state index contributed by atoms with van der Waals surface area (Å²) < 4.78 is 9.22. The number of hydrogen-bond acceptors (Lipinski definition) is 5. The van der Waals surface area contributed by atoms with E-state index in [4.69, 9.17) is 4.74 Å². The zero-order valence-corrected chi connectivity index (χ0v) is 10.3. The van der Waals surface area contributed by atoms with Gasteiger partial charge in [0.2, 0.25) is 5.78 Å². The number of ether oxygens (including phenoxy) is 2. The van der Waals surface area contributed by atoms with Gasteiger partial charge in [-0.05, 0) is 17.7 Å². The molecule has 18 heavy (non-hydrogen) atoms. The molecule has 0 heterocycles. The second-order valence-electron chi connectivity index (χ2n) is 3.66. The Kier molecular flexibility index (Phi) is 5.05. The van der Waals surface area contributed by atoms with Gasteiger partial charge in [0.25, 0.3) is 0 Å². The average Bonchev–Trinajstić information content (AvgIpc) is 2.38. The first-order valence-corrected chi connectivity index (χ1v) is 5.32. The van der Waals surface area contributed by atoms with Crippen molar-refractivity contribution in [1.29, 1.82) is 0 Å². The van der Waals surface area contributed by atoms with Gasteiger partial charge < -0.3 is 9.47 Å². The van der Waals surface area contributed by atoms with Crippen LogP contribution in [0.3, 0.4) is 0 Å². The molecule has 0 radical (unpaired) electrons. The summed E-state index contributed by atoms with van der Waals surface area (Å²) in [7, 11) is 2.66. The molecular formula is C13H14O5. The van der Waals surface area contributed by atoms with E-state index in [2.05, 4.69) is 4.74 Å². The second-order valence-corrected chi connectivity index (χ2v) is 3.66. The summed E-state index contributed by atoms with van der Waals surface area (Å²) >= 11 is 0. The predicted octanol–water partition coefficient (Wildman–Crippen LogP) is 0.939. The molecule has 0 aliphatic carbocycles. The molecule has 0 saturated heterocycles. The third-order valence-electron chi connectivity index (χ3n) is 2.33. The lowest BCUT2D eigenvalue weighted by Crippen LogP contribution is -2.20. The third kappa shape index (κ3) is 4.01. The molecule has 0 saturated carbocycles. The third-order valence-corrected chi connectivity index (χ3v) is 2.33. The molecule has 5 nitrogen and oxygen atoms in total. The van der Waals surface area contributed by atoms with Gasteiger partial charge in [-0.3, -0.25) is 9.59 Å². The Hall–Kier alpha value is -2.17. The van der Waals surface area contributed by atoms with Gasteiger partial charge in [0.15, 0.2) is 0 Å². The predicted molar refractivity (Wildman–Crippen MR) is 63.3 cm³/mol. The fraction of sp³-hybridized carbons (Fsp3) is 0.308. The monoisotopic (exact) mass is 250 g/mol. The molecule has 96 valence electrons. The van der Waals surface area contributed by atoms with E-state index in [-0.39, 0.29) is 12.2 Å². The normalized spacial score (nSPS) is 9.67. The largest absolute Gasteiger partial charge is 0.497 e. The lowest BCUT2D eigenvalue weighted by atomic mass is 10.1. The van der Waals surface area contributed by atoms with E-state index >= 15 is 0 Å². The Morgan fingerprint density at radius 2 is 1.67 bits per heavy atom. The highest BCUT2D eigenvalue weighted by Gasteiger charge is 2.18. The number of hydrogen-bond donors (Lipinski definition) is 0. The summed E-state index contributed by atoms with van der Waals surface area (Å²) in [6, 6.07) is 6.92. The van der Waals surface area contributed by atoms with Gasteiger partial charge in [-0.1, -0.05) is 12.1 Å². The van der Waals surface area contributed by atoms with Crippen molar-refractivity contribution in [2.45, 2.75) is 12.8 Å². The summed E-state index contributed by atoms with van der Waals surface area (Å²) in [5.41, 5.74) is 0.762. The van der Waals surface area contributed by atoms with Gasteiger partial charge in [0.1, 0.15) is 11.5 Å². The molecule has 0 spiro atoms. The van der Waals surface area contributed by atoms with E-state index in [0.29, 0.717) is 5.75 Å². The number of methoxy groups -OCH3 is 2. The molecule has 0 fully saturated rings. The molecule has 0 aromatic heterocycles. The first kappa shape index (κ1) is 13.9. The van der Waals surface area contributed by atoms with Crippen LogP contribution in [-0.4, -0.2) is 31.8 Å². The van der Waals surface area contributed by atoms with Crippen molar-refractivity contribution in [3.8, 4) is 5.75 Å². The highest BCUT2D eigenvalue weighted by molar-refractivity contribution is 6.37. The lowest BCUT2D eigenvalue weighted by Gasteiger charge is -2.02. The molecule has 0 atom stereocenters. The summed E-state index contributed by atoms with van der Waals surface area (Å²) in [5.74, 6) is -1.44. The minimum Gasteiger partial charge on any atom is -0.497 e. The first-order valence-electron chi connectivity index (χ1n) is 5.32. The van der Waals surface area contributed by atoms with E-state index in [9.17, 15) is 14.4 Å². The van der Waals surface area contributed by atoms with Crippen LogP contribution < -0.4 is 4.74 Å². The van der Waals surface area contributed by atoms with Gasteiger partial charge >= 0.3 is 5.97 Å². The summed E-state index contributed by atoms with van der Waals surface area (Å²) in [5, 5.41) is 0. The fourth-order valence-electron chi connectivity index (χ4n) is 1.40. The first-order chi connectivity index (χ1) is 8.56. The smallest absolute Gasteiger partial charge is 0.374 e. The molecule has 0 aliphatic heterocycles. The standard InChI is InChI=1S/C13H14O5/c1-17-11-5-3-9(4-6-11)7-10(14)8-12(15)13(16)18-2/h3-6H,7-8H2,1-2H3.